The van der Waals surface area contributed by atoms with Crippen LogP contribution >= 0.6 is 0 Å². The van der Waals surface area contributed by atoms with Crippen molar-refractivity contribution in [2.75, 3.05) is 0 Å². The van der Waals surface area contributed by atoms with Gasteiger partial charge in [0, 0.05) is 25.4 Å². The predicted molar refractivity (Wildman–Crippen MR) is 68.4 cm³/mol. The first-order valence-corrected chi connectivity index (χ1v) is 5.82. The highest BCUT2D eigenvalue weighted by atomic mass is 19.1. The molecule has 2 rings (SSSR count). The van der Waals surface area contributed by atoms with Gasteiger partial charge in [0.2, 0.25) is 5.91 Å². The van der Waals surface area contributed by atoms with E-state index in [-0.39, 0.29) is 18.3 Å². The molecule has 1 unspecified atom stereocenters. The molecule has 0 aliphatic carbocycles. The highest BCUT2D eigenvalue weighted by Gasteiger charge is 2.16. The number of nitrogens with two attached hydrogens (primary N) is 1. The molecule has 0 fully saturated rings. The summed E-state index contributed by atoms with van der Waals surface area (Å²) in [5.74, 6) is -0.652. The molecule has 6 heteroatoms. The number of hydrogen-bond donors (Lipinski definition) is 2. The average molecular weight is 262 g/mol. The minimum absolute atomic E-state index is 0.241. The lowest BCUT2D eigenvalue weighted by Gasteiger charge is -2.10. The first-order chi connectivity index (χ1) is 9.06. The van der Waals surface area contributed by atoms with Crippen LogP contribution in [0.3, 0.4) is 0 Å². The van der Waals surface area contributed by atoms with E-state index in [2.05, 4.69) is 10.4 Å². The Labute approximate surface area is 110 Å². The second-order valence-corrected chi connectivity index (χ2v) is 4.27. The van der Waals surface area contributed by atoms with Crippen molar-refractivity contribution in [2.24, 2.45) is 12.8 Å². The van der Waals surface area contributed by atoms with E-state index in [1.807, 2.05) is 0 Å². The van der Waals surface area contributed by atoms with E-state index < -0.39 is 6.04 Å². The standard InChI is InChI=1S/C13H15FN4O/c1-18-8-10(7-17-18)12(15)13(19)16-6-9-3-2-4-11(14)5-9/h2-5,7-8,12H,6,15H2,1H3,(H,16,19). The van der Waals surface area contributed by atoms with E-state index in [9.17, 15) is 9.18 Å². The number of aromatic nitrogens is 2. The topological polar surface area (TPSA) is 72.9 Å². The van der Waals surface area contributed by atoms with Gasteiger partial charge in [-0.2, -0.15) is 5.10 Å². The van der Waals surface area contributed by atoms with Gasteiger partial charge in [-0.05, 0) is 17.7 Å². The van der Waals surface area contributed by atoms with Gasteiger partial charge in [0.05, 0.1) is 6.20 Å². The van der Waals surface area contributed by atoms with Gasteiger partial charge in [-0.1, -0.05) is 12.1 Å². The molecule has 1 aromatic carbocycles. The van der Waals surface area contributed by atoms with Gasteiger partial charge in [0.25, 0.3) is 0 Å². The zero-order chi connectivity index (χ0) is 13.8. The van der Waals surface area contributed by atoms with Crippen LogP contribution in [0.4, 0.5) is 4.39 Å². The van der Waals surface area contributed by atoms with Crippen LogP contribution in [-0.4, -0.2) is 15.7 Å². The number of nitrogens with zero attached hydrogens (tertiary/aromatic N) is 2. The Morgan fingerprint density at radius 2 is 2.37 bits per heavy atom. The number of nitrogens with one attached hydrogen (secondary N) is 1. The molecular weight excluding hydrogens is 247 g/mol. The summed E-state index contributed by atoms with van der Waals surface area (Å²) in [6.45, 7) is 0.241. The molecule has 0 saturated carbocycles. The lowest BCUT2D eigenvalue weighted by molar-refractivity contribution is -0.122. The largest absolute Gasteiger partial charge is 0.350 e. The lowest BCUT2D eigenvalue weighted by Crippen LogP contribution is -2.33. The van der Waals surface area contributed by atoms with Crippen LogP contribution in [0.25, 0.3) is 0 Å². The normalized spacial score (nSPS) is 12.2. The SMILES string of the molecule is Cn1cc(C(N)C(=O)NCc2cccc(F)c2)cn1. The summed E-state index contributed by atoms with van der Waals surface area (Å²) in [5.41, 5.74) is 7.13. The van der Waals surface area contributed by atoms with Crippen molar-refractivity contribution in [2.45, 2.75) is 12.6 Å². The Balaban J connectivity index is 1.94. The van der Waals surface area contributed by atoms with Crippen LogP contribution in [0, 0.1) is 5.82 Å². The summed E-state index contributed by atoms with van der Waals surface area (Å²) in [4.78, 5) is 11.8. The maximum Gasteiger partial charge on any atom is 0.241 e. The van der Waals surface area contributed by atoms with E-state index in [1.54, 1.807) is 36.3 Å². The molecule has 0 aliphatic heterocycles. The van der Waals surface area contributed by atoms with Gasteiger partial charge in [0.1, 0.15) is 11.9 Å². The zero-order valence-corrected chi connectivity index (χ0v) is 10.5. The van der Waals surface area contributed by atoms with E-state index in [4.69, 9.17) is 5.73 Å². The monoisotopic (exact) mass is 262 g/mol. The second kappa shape index (κ2) is 5.62. The smallest absolute Gasteiger partial charge is 0.241 e. The van der Waals surface area contributed by atoms with Crippen LogP contribution < -0.4 is 11.1 Å². The third kappa shape index (κ3) is 3.38. The average Bonchev–Trinajstić information content (AvgIpc) is 2.82. The molecular formula is C13H15FN4O. The summed E-state index contributed by atoms with van der Waals surface area (Å²) < 4.78 is 14.5. The molecule has 5 nitrogen and oxygen atoms in total. The summed E-state index contributed by atoms with van der Waals surface area (Å²) in [6, 6.07) is 5.28. The number of aryl methyl sites for hydroxylation is 1. The summed E-state index contributed by atoms with van der Waals surface area (Å²) in [5, 5.41) is 6.62. The van der Waals surface area contributed by atoms with Gasteiger partial charge in [-0.15, -0.1) is 0 Å². The second-order valence-electron chi connectivity index (χ2n) is 4.27. The molecule has 0 aliphatic rings. The van der Waals surface area contributed by atoms with Crippen LogP contribution in [0.2, 0.25) is 0 Å². The zero-order valence-electron chi connectivity index (χ0n) is 10.5. The molecule has 1 aromatic heterocycles. The van der Waals surface area contributed by atoms with Gasteiger partial charge in [-0.25, -0.2) is 4.39 Å². The number of benzene rings is 1. The maximum absolute atomic E-state index is 13.0. The molecule has 100 valence electrons. The third-order valence-corrected chi connectivity index (χ3v) is 2.72. The van der Waals surface area contributed by atoms with Crippen molar-refractivity contribution in [3.8, 4) is 0 Å². The Hall–Kier alpha value is -2.21. The predicted octanol–water partition coefficient (Wildman–Crippen LogP) is 0.875. The number of rotatable bonds is 4. The minimum atomic E-state index is -0.776. The Kier molecular flexibility index (Phi) is 3.91. The van der Waals surface area contributed by atoms with E-state index in [0.29, 0.717) is 11.1 Å². The highest BCUT2D eigenvalue weighted by molar-refractivity contribution is 5.82. The number of amides is 1. The summed E-state index contributed by atoms with van der Waals surface area (Å²) in [6.07, 6.45) is 3.23. The molecule has 3 N–H and O–H groups in total. The van der Waals surface area contributed by atoms with Gasteiger partial charge in [0.15, 0.2) is 0 Å². The fourth-order valence-electron chi connectivity index (χ4n) is 1.70. The minimum Gasteiger partial charge on any atom is -0.350 e. The van der Waals surface area contributed by atoms with Crippen molar-refractivity contribution in [1.82, 2.24) is 15.1 Å². The third-order valence-electron chi connectivity index (χ3n) is 2.72. The molecule has 1 amide bonds. The van der Waals surface area contributed by atoms with Gasteiger partial charge < -0.3 is 11.1 Å². The molecule has 0 radical (unpaired) electrons. The lowest BCUT2D eigenvalue weighted by atomic mass is 10.1. The van der Waals surface area contributed by atoms with E-state index in [1.165, 1.54) is 12.1 Å². The van der Waals surface area contributed by atoms with Crippen molar-refractivity contribution in [3.05, 3.63) is 53.6 Å². The van der Waals surface area contributed by atoms with Crippen molar-refractivity contribution in [1.29, 1.82) is 0 Å². The van der Waals surface area contributed by atoms with Gasteiger partial charge in [-0.3, -0.25) is 9.48 Å². The quantitative estimate of drug-likeness (QED) is 0.859. The van der Waals surface area contributed by atoms with Crippen LogP contribution in [0.5, 0.6) is 0 Å². The van der Waals surface area contributed by atoms with Gasteiger partial charge >= 0.3 is 0 Å². The Morgan fingerprint density at radius 1 is 1.58 bits per heavy atom. The summed E-state index contributed by atoms with van der Waals surface area (Å²) in [7, 11) is 1.75. The first-order valence-electron chi connectivity index (χ1n) is 5.82. The highest BCUT2D eigenvalue weighted by Crippen LogP contribution is 2.09. The maximum atomic E-state index is 13.0. The first kappa shape index (κ1) is 13.2. The Morgan fingerprint density at radius 3 is 3.00 bits per heavy atom. The number of halogens is 1. The van der Waals surface area contributed by atoms with E-state index >= 15 is 0 Å². The Bertz CT molecular complexity index is 582. The molecule has 19 heavy (non-hydrogen) atoms. The number of carbonyl (C=O) groups is 1. The van der Waals surface area contributed by atoms with Crippen LogP contribution in [-0.2, 0) is 18.4 Å². The molecule has 0 spiro atoms. The number of carbonyl (C=O) groups excluding carboxylic acids is 1. The number of hydrogen-bond acceptors (Lipinski definition) is 3. The van der Waals surface area contributed by atoms with Crippen LogP contribution in [0.15, 0.2) is 36.7 Å². The van der Waals surface area contributed by atoms with Crippen LogP contribution in [0.1, 0.15) is 17.2 Å². The van der Waals surface area contributed by atoms with Crippen molar-refractivity contribution < 1.29 is 9.18 Å². The van der Waals surface area contributed by atoms with E-state index in [0.717, 1.165) is 0 Å². The fraction of sp³-hybridized carbons (Fsp3) is 0.231. The summed E-state index contributed by atoms with van der Waals surface area (Å²) >= 11 is 0. The molecule has 1 heterocycles. The molecule has 0 bridgehead atoms. The van der Waals surface area contributed by atoms with Crippen molar-refractivity contribution >= 4 is 5.91 Å². The molecule has 0 saturated heterocycles. The van der Waals surface area contributed by atoms with Crippen molar-refractivity contribution in [3.63, 3.8) is 0 Å². The molecule has 1 atom stereocenters. The molecule has 2 aromatic rings. The fourth-order valence-corrected chi connectivity index (χ4v) is 1.70.